The van der Waals surface area contributed by atoms with Gasteiger partial charge in [-0.2, -0.15) is 0 Å². The Balaban J connectivity index is 1.30. The second-order valence-corrected chi connectivity index (χ2v) is 7.27. The van der Waals surface area contributed by atoms with Crippen LogP contribution in [0.3, 0.4) is 0 Å². The van der Waals surface area contributed by atoms with Gasteiger partial charge in [0.2, 0.25) is 5.91 Å². The van der Waals surface area contributed by atoms with Crippen LogP contribution in [-0.2, 0) is 17.8 Å². The summed E-state index contributed by atoms with van der Waals surface area (Å²) in [6.45, 7) is 6.67. The predicted octanol–water partition coefficient (Wildman–Crippen LogP) is 2.56. The lowest BCUT2D eigenvalue weighted by Gasteiger charge is -2.34. The van der Waals surface area contributed by atoms with E-state index >= 15 is 0 Å². The minimum atomic E-state index is 0.126. The van der Waals surface area contributed by atoms with Crippen LogP contribution < -0.4 is 10.1 Å². The van der Waals surface area contributed by atoms with E-state index in [9.17, 15) is 4.79 Å². The number of carbonyl (C=O) groups is 1. The first-order valence-electron chi connectivity index (χ1n) is 10.1. The molecule has 1 amide bonds. The van der Waals surface area contributed by atoms with Gasteiger partial charge in [0, 0.05) is 52.2 Å². The highest BCUT2D eigenvalue weighted by atomic mass is 16.5. The van der Waals surface area contributed by atoms with E-state index in [1.165, 1.54) is 5.56 Å². The third kappa shape index (κ3) is 6.36. The Morgan fingerprint density at radius 2 is 1.64 bits per heavy atom. The molecule has 0 unspecified atom stereocenters. The Kier molecular flexibility index (Phi) is 7.88. The molecule has 1 saturated heterocycles. The molecule has 1 N–H and O–H groups in total. The van der Waals surface area contributed by atoms with Crippen molar-refractivity contribution in [2.75, 3.05) is 46.4 Å². The molecule has 5 heteroatoms. The van der Waals surface area contributed by atoms with Crippen LogP contribution in [0.5, 0.6) is 5.75 Å². The van der Waals surface area contributed by atoms with E-state index < -0.39 is 0 Å². The molecule has 5 nitrogen and oxygen atoms in total. The second-order valence-electron chi connectivity index (χ2n) is 7.27. The van der Waals surface area contributed by atoms with Crippen molar-refractivity contribution in [2.45, 2.75) is 19.4 Å². The molecule has 1 aliphatic rings. The van der Waals surface area contributed by atoms with Crippen molar-refractivity contribution in [1.82, 2.24) is 15.1 Å². The molecule has 0 aliphatic carbocycles. The Morgan fingerprint density at radius 1 is 0.964 bits per heavy atom. The van der Waals surface area contributed by atoms with Crippen molar-refractivity contribution in [3.63, 3.8) is 0 Å². The number of ether oxygens (including phenoxy) is 1. The average Bonchev–Trinajstić information content (AvgIpc) is 2.74. The fourth-order valence-electron chi connectivity index (χ4n) is 3.61. The van der Waals surface area contributed by atoms with Crippen LogP contribution in [-0.4, -0.2) is 62.1 Å². The molecule has 28 heavy (non-hydrogen) atoms. The number of para-hydroxylation sites is 1. The zero-order valence-electron chi connectivity index (χ0n) is 16.8. The van der Waals surface area contributed by atoms with Gasteiger partial charge in [0.05, 0.1) is 7.11 Å². The van der Waals surface area contributed by atoms with Gasteiger partial charge in [-0.05, 0) is 23.6 Å². The third-order valence-corrected chi connectivity index (χ3v) is 5.28. The van der Waals surface area contributed by atoms with E-state index in [-0.39, 0.29) is 5.91 Å². The zero-order valence-corrected chi connectivity index (χ0v) is 16.8. The molecular formula is C23H31N3O2. The number of benzene rings is 2. The van der Waals surface area contributed by atoms with E-state index in [2.05, 4.69) is 45.4 Å². The van der Waals surface area contributed by atoms with Crippen LogP contribution in [0, 0.1) is 0 Å². The molecule has 0 bridgehead atoms. The predicted molar refractivity (Wildman–Crippen MR) is 112 cm³/mol. The number of carbonyl (C=O) groups excluding carboxylic acids is 1. The molecule has 0 radical (unpaired) electrons. The van der Waals surface area contributed by atoms with Crippen LogP contribution in [0.15, 0.2) is 54.6 Å². The van der Waals surface area contributed by atoms with Crippen molar-refractivity contribution in [1.29, 1.82) is 0 Å². The molecule has 0 spiro atoms. The molecule has 0 aromatic heterocycles. The van der Waals surface area contributed by atoms with Crippen molar-refractivity contribution >= 4 is 5.91 Å². The van der Waals surface area contributed by atoms with Gasteiger partial charge in [-0.3, -0.25) is 9.69 Å². The number of rotatable bonds is 9. The summed E-state index contributed by atoms with van der Waals surface area (Å²) >= 11 is 0. The largest absolute Gasteiger partial charge is 0.496 e. The maximum atomic E-state index is 12.2. The maximum Gasteiger partial charge on any atom is 0.221 e. The van der Waals surface area contributed by atoms with Gasteiger partial charge in [0.1, 0.15) is 5.75 Å². The Labute approximate surface area is 168 Å². The summed E-state index contributed by atoms with van der Waals surface area (Å²) in [5.74, 6) is 1.01. The Hall–Kier alpha value is -2.37. The second kappa shape index (κ2) is 10.8. The van der Waals surface area contributed by atoms with E-state index in [4.69, 9.17) is 4.74 Å². The molecule has 0 saturated carbocycles. The maximum absolute atomic E-state index is 12.2. The van der Waals surface area contributed by atoms with Crippen LogP contribution >= 0.6 is 0 Å². The number of nitrogens with one attached hydrogen (secondary N) is 1. The lowest BCUT2D eigenvalue weighted by atomic mass is 10.1. The standard InChI is InChI=1S/C23H31N3O2/c1-28-22-10-6-5-9-21(22)11-13-24-23(27)12-14-25-15-17-26(18-16-25)19-20-7-3-2-4-8-20/h2-10H,11-19H2,1H3,(H,24,27). The number of hydrogen-bond acceptors (Lipinski definition) is 4. The van der Waals surface area contributed by atoms with Crippen LogP contribution in [0.25, 0.3) is 0 Å². The summed E-state index contributed by atoms with van der Waals surface area (Å²) in [4.78, 5) is 17.0. The van der Waals surface area contributed by atoms with Gasteiger partial charge >= 0.3 is 0 Å². The van der Waals surface area contributed by atoms with E-state index in [0.717, 1.165) is 57.0 Å². The van der Waals surface area contributed by atoms with E-state index in [1.54, 1.807) is 7.11 Å². The highest BCUT2D eigenvalue weighted by Gasteiger charge is 2.17. The minimum absolute atomic E-state index is 0.126. The van der Waals surface area contributed by atoms with Gasteiger partial charge in [0.15, 0.2) is 0 Å². The van der Waals surface area contributed by atoms with E-state index in [1.807, 2.05) is 24.3 Å². The lowest BCUT2D eigenvalue weighted by molar-refractivity contribution is -0.121. The monoisotopic (exact) mass is 381 g/mol. The molecule has 2 aromatic carbocycles. The molecule has 2 aromatic rings. The first kappa shape index (κ1) is 20.4. The van der Waals surface area contributed by atoms with Gasteiger partial charge in [-0.25, -0.2) is 0 Å². The van der Waals surface area contributed by atoms with Crippen LogP contribution in [0.2, 0.25) is 0 Å². The van der Waals surface area contributed by atoms with Gasteiger partial charge in [-0.15, -0.1) is 0 Å². The Morgan fingerprint density at radius 3 is 2.39 bits per heavy atom. The summed E-state index contributed by atoms with van der Waals surface area (Å²) in [5, 5.41) is 3.03. The van der Waals surface area contributed by atoms with Crippen molar-refractivity contribution in [3.05, 3.63) is 65.7 Å². The SMILES string of the molecule is COc1ccccc1CCNC(=O)CCN1CCN(Cc2ccccc2)CC1. The molecule has 1 heterocycles. The van der Waals surface area contributed by atoms with Crippen LogP contribution in [0.1, 0.15) is 17.5 Å². The van der Waals surface area contributed by atoms with Crippen LogP contribution in [0.4, 0.5) is 0 Å². The lowest BCUT2D eigenvalue weighted by Crippen LogP contribution is -2.46. The molecule has 3 rings (SSSR count). The van der Waals surface area contributed by atoms with Gasteiger partial charge in [-0.1, -0.05) is 48.5 Å². The number of methoxy groups -OCH3 is 1. The number of hydrogen-bond donors (Lipinski definition) is 1. The molecule has 1 fully saturated rings. The smallest absolute Gasteiger partial charge is 0.221 e. The number of amides is 1. The van der Waals surface area contributed by atoms with E-state index in [0.29, 0.717) is 13.0 Å². The van der Waals surface area contributed by atoms with Crippen molar-refractivity contribution < 1.29 is 9.53 Å². The summed E-state index contributed by atoms with van der Waals surface area (Å²) in [5.41, 5.74) is 2.49. The summed E-state index contributed by atoms with van der Waals surface area (Å²) in [7, 11) is 1.68. The minimum Gasteiger partial charge on any atom is -0.496 e. The first-order chi connectivity index (χ1) is 13.7. The number of piperazine rings is 1. The molecule has 1 aliphatic heterocycles. The first-order valence-corrected chi connectivity index (χ1v) is 10.1. The van der Waals surface area contributed by atoms with Crippen molar-refractivity contribution in [2.24, 2.45) is 0 Å². The summed E-state index contributed by atoms with van der Waals surface area (Å²) in [6.07, 6.45) is 1.35. The zero-order chi connectivity index (χ0) is 19.6. The normalized spacial score (nSPS) is 15.3. The highest BCUT2D eigenvalue weighted by Crippen LogP contribution is 2.17. The van der Waals surface area contributed by atoms with Gasteiger partial charge < -0.3 is 15.0 Å². The quantitative estimate of drug-likeness (QED) is 0.725. The number of nitrogens with zero attached hydrogens (tertiary/aromatic N) is 2. The molecule has 150 valence electrons. The highest BCUT2D eigenvalue weighted by molar-refractivity contribution is 5.76. The van der Waals surface area contributed by atoms with Gasteiger partial charge in [0.25, 0.3) is 0 Å². The fourth-order valence-corrected chi connectivity index (χ4v) is 3.61. The third-order valence-electron chi connectivity index (χ3n) is 5.28. The Bertz CT molecular complexity index is 728. The molecular weight excluding hydrogens is 350 g/mol. The molecule has 0 atom stereocenters. The average molecular weight is 382 g/mol. The fraction of sp³-hybridized carbons (Fsp3) is 0.435. The topological polar surface area (TPSA) is 44.8 Å². The van der Waals surface area contributed by atoms with Crippen molar-refractivity contribution in [3.8, 4) is 5.75 Å². The summed E-state index contributed by atoms with van der Waals surface area (Å²) < 4.78 is 5.35. The summed E-state index contributed by atoms with van der Waals surface area (Å²) in [6, 6.07) is 18.6.